The van der Waals surface area contributed by atoms with Crippen LogP contribution in [0.1, 0.15) is 43.1 Å². The van der Waals surface area contributed by atoms with E-state index in [1.807, 2.05) is 37.3 Å². The van der Waals surface area contributed by atoms with Crippen molar-refractivity contribution in [2.75, 3.05) is 18.4 Å². The van der Waals surface area contributed by atoms with Crippen LogP contribution in [0.5, 0.6) is 0 Å². The van der Waals surface area contributed by atoms with Crippen LogP contribution in [0.15, 0.2) is 60.7 Å². The van der Waals surface area contributed by atoms with Crippen LogP contribution in [-0.4, -0.2) is 29.2 Å². The molecular weight excluding hydrogens is 379 g/mol. The van der Waals surface area contributed by atoms with Crippen LogP contribution in [0.2, 0.25) is 0 Å². The Labute approximate surface area is 176 Å². The van der Waals surface area contributed by atoms with Gasteiger partial charge in [0.05, 0.1) is 5.69 Å². The van der Waals surface area contributed by atoms with E-state index in [2.05, 4.69) is 34.7 Å². The molecule has 156 valence electrons. The zero-order valence-electron chi connectivity index (χ0n) is 17.6. The fourth-order valence-corrected chi connectivity index (χ4v) is 3.06. The van der Waals surface area contributed by atoms with E-state index in [0.717, 1.165) is 17.5 Å². The lowest BCUT2D eigenvalue weighted by Crippen LogP contribution is -2.28. The molecule has 5 nitrogen and oxygen atoms in total. The molecule has 0 saturated carbocycles. The number of nitrogens with one attached hydrogen (secondary N) is 2. The number of anilines is 1. The lowest BCUT2D eigenvalue weighted by atomic mass is 9.84. The van der Waals surface area contributed by atoms with E-state index in [1.165, 1.54) is 12.1 Å². The average molecular weight is 407 g/mol. The van der Waals surface area contributed by atoms with Gasteiger partial charge in [0, 0.05) is 29.6 Å². The molecule has 2 N–H and O–H groups in total. The number of halogens is 1. The molecule has 0 saturated heterocycles. The van der Waals surface area contributed by atoms with Crippen LogP contribution in [-0.2, 0) is 5.41 Å². The van der Waals surface area contributed by atoms with Crippen molar-refractivity contribution in [3.05, 3.63) is 77.6 Å². The van der Waals surface area contributed by atoms with Crippen LogP contribution in [0.3, 0.4) is 0 Å². The Morgan fingerprint density at radius 2 is 1.80 bits per heavy atom. The summed E-state index contributed by atoms with van der Waals surface area (Å²) in [4.78, 5) is 12.2. The third-order valence-corrected chi connectivity index (χ3v) is 4.96. The maximum atomic E-state index is 13.2. The van der Waals surface area contributed by atoms with Gasteiger partial charge < -0.3 is 10.6 Å². The molecule has 1 heterocycles. The minimum Gasteiger partial charge on any atom is -0.368 e. The molecule has 1 aromatic heterocycles. The van der Waals surface area contributed by atoms with E-state index in [4.69, 9.17) is 0 Å². The Bertz CT molecular complexity index is 985. The van der Waals surface area contributed by atoms with E-state index < -0.39 is 0 Å². The maximum absolute atomic E-state index is 13.2. The third kappa shape index (κ3) is 5.41. The van der Waals surface area contributed by atoms with E-state index in [-0.39, 0.29) is 17.1 Å². The highest BCUT2D eigenvalue weighted by molar-refractivity contribution is 5.95. The van der Waals surface area contributed by atoms with Crippen molar-refractivity contribution in [2.45, 2.75) is 32.6 Å². The van der Waals surface area contributed by atoms with Gasteiger partial charge in [0.25, 0.3) is 5.91 Å². The zero-order valence-corrected chi connectivity index (χ0v) is 17.6. The molecule has 3 rings (SSSR count). The summed E-state index contributed by atoms with van der Waals surface area (Å²) in [6.45, 7) is 7.47. The highest BCUT2D eigenvalue weighted by Gasteiger charge is 2.20. The van der Waals surface area contributed by atoms with Gasteiger partial charge in [-0.1, -0.05) is 45.0 Å². The summed E-state index contributed by atoms with van der Waals surface area (Å²) in [7, 11) is 0. The van der Waals surface area contributed by atoms with Crippen LogP contribution < -0.4 is 10.6 Å². The van der Waals surface area contributed by atoms with E-state index in [0.29, 0.717) is 30.2 Å². The summed E-state index contributed by atoms with van der Waals surface area (Å²) in [6, 6.07) is 17.7. The lowest BCUT2D eigenvalue weighted by molar-refractivity contribution is 0.0953. The Morgan fingerprint density at radius 1 is 1.03 bits per heavy atom. The largest absolute Gasteiger partial charge is 0.368 e. The van der Waals surface area contributed by atoms with Gasteiger partial charge in [-0.25, -0.2) is 4.39 Å². The molecule has 0 atom stereocenters. The first kappa shape index (κ1) is 21.4. The molecule has 0 aliphatic rings. The highest BCUT2D eigenvalue weighted by Crippen LogP contribution is 2.24. The van der Waals surface area contributed by atoms with Gasteiger partial charge in [-0.3, -0.25) is 4.79 Å². The molecule has 0 bridgehead atoms. The quantitative estimate of drug-likeness (QED) is 0.563. The van der Waals surface area contributed by atoms with Crippen LogP contribution in [0.25, 0.3) is 11.3 Å². The SMILES string of the molecule is CCCNC(=O)c1cccc(-c2ccc(NCC(C)(C)c3ccc(F)cc3)nn2)c1. The number of aromatic nitrogens is 2. The number of nitrogens with zero attached hydrogens (tertiary/aromatic N) is 2. The number of carbonyl (C=O) groups excluding carboxylic acids is 1. The molecular formula is C24H27FN4O. The first-order valence-electron chi connectivity index (χ1n) is 10.1. The Morgan fingerprint density at radius 3 is 2.47 bits per heavy atom. The van der Waals surface area contributed by atoms with Gasteiger partial charge in [0.1, 0.15) is 11.6 Å². The summed E-state index contributed by atoms with van der Waals surface area (Å²) in [5.74, 6) is 0.328. The predicted octanol–water partition coefficient (Wildman–Crippen LogP) is 4.81. The lowest BCUT2D eigenvalue weighted by Gasteiger charge is -2.25. The summed E-state index contributed by atoms with van der Waals surface area (Å²) in [5.41, 5.74) is 2.98. The van der Waals surface area contributed by atoms with Gasteiger partial charge >= 0.3 is 0 Å². The van der Waals surface area contributed by atoms with Crippen molar-refractivity contribution >= 4 is 11.7 Å². The molecule has 0 aliphatic heterocycles. The number of hydrogen-bond acceptors (Lipinski definition) is 4. The number of hydrogen-bond donors (Lipinski definition) is 2. The van der Waals surface area contributed by atoms with E-state index >= 15 is 0 Å². The first-order chi connectivity index (χ1) is 14.4. The molecule has 0 unspecified atom stereocenters. The second kappa shape index (κ2) is 9.48. The molecule has 30 heavy (non-hydrogen) atoms. The van der Waals surface area contributed by atoms with Crippen molar-refractivity contribution in [1.82, 2.24) is 15.5 Å². The Kier molecular flexibility index (Phi) is 6.77. The zero-order chi connectivity index (χ0) is 21.6. The molecule has 1 amide bonds. The van der Waals surface area contributed by atoms with E-state index in [9.17, 15) is 9.18 Å². The summed E-state index contributed by atoms with van der Waals surface area (Å²) < 4.78 is 13.2. The summed E-state index contributed by atoms with van der Waals surface area (Å²) >= 11 is 0. The van der Waals surface area contributed by atoms with Crippen molar-refractivity contribution in [2.24, 2.45) is 0 Å². The van der Waals surface area contributed by atoms with Gasteiger partial charge in [-0.05, 0) is 48.4 Å². The highest BCUT2D eigenvalue weighted by atomic mass is 19.1. The van der Waals surface area contributed by atoms with Gasteiger partial charge in [-0.2, -0.15) is 0 Å². The smallest absolute Gasteiger partial charge is 0.251 e. The van der Waals surface area contributed by atoms with Crippen molar-refractivity contribution < 1.29 is 9.18 Å². The standard InChI is InChI=1S/C24H27FN4O/c1-4-14-26-23(30)18-7-5-6-17(15-18)21-12-13-22(29-28-21)27-16-24(2,3)19-8-10-20(25)11-9-19/h5-13,15H,4,14,16H2,1-3H3,(H,26,30)(H,27,29). The van der Waals surface area contributed by atoms with Crippen LogP contribution >= 0.6 is 0 Å². The normalized spacial score (nSPS) is 11.2. The fourth-order valence-electron chi connectivity index (χ4n) is 3.06. The maximum Gasteiger partial charge on any atom is 0.251 e. The minimum atomic E-state index is -0.240. The third-order valence-electron chi connectivity index (χ3n) is 4.96. The predicted molar refractivity (Wildman–Crippen MR) is 118 cm³/mol. The summed E-state index contributed by atoms with van der Waals surface area (Å²) in [5, 5.41) is 14.7. The molecule has 2 aromatic carbocycles. The van der Waals surface area contributed by atoms with Crippen molar-refractivity contribution in [1.29, 1.82) is 0 Å². The van der Waals surface area contributed by atoms with E-state index in [1.54, 1.807) is 18.2 Å². The molecule has 0 radical (unpaired) electrons. The number of benzene rings is 2. The van der Waals surface area contributed by atoms with Crippen molar-refractivity contribution in [3.8, 4) is 11.3 Å². The first-order valence-corrected chi connectivity index (χ1v) is 10.1. The molecule has 3 aromatic rings. The number of carbonyl (C=O) groups is 1. The number of rotatable bonds is 8. The molecule has 0 fully saturated rings. The summed E-state index contributed by atoms with van der Waals surface area (Å²) in [6.07, 6.45) is 0.892. The monoisotopic (exact) mass is 406 g/mol. The second-order valence-corrected chi connectivity index (χ2v) is 7.88. The molecule has 0 aliphatic carbocycles. The minimum absolute atomic E-state index is 0.0898. The molecule has 6 heteroatoms. The fraction of sp³-hybridized carbons (Fsp3) is 0.292. The topological polar surface area (TPSA) is 66.9 Å². The van der Waals surface area contributed by atoms with Gasteiger partial charge in [0.2, 0.25) is 0 Å². The number of amides is 1. The van der Waals surface area contributed by atoms with Gasteiger partial charge in [0.15, 0.2) is 0 Å². The second-order valence-electron chi connectivity index (χ2n) is 7.88. The Balaban J connectivity index is 1.66. The average Bonchev–Trinajstić information content (AvgIpc) is 2.77. The van der Waals surface area contributed by atoms with Crippen LogP contribution in [0, 0.1) is 5.82 Å². The van der Waals surface area contributed by atoms with Crippen molar-refractivity contribution in [3.63, 3.8) is 0 Å². The van der Waals surface area contributed by atoms with Gasteiger partial charge in [-0.15, -0.1) is 10.2 Å². The van der Waals surface area contributed by atoms with Crippen LogP contribution in [0.4, 0.5) is 10.2 Å². The molecule has 0 spiro atoms. The Hall–Kier alpha value is -3.28.